The lowest BCUT2D eigenvalue weighted by Crippen LogP contribution is -2.39. The number of sulfonamides is 1. The molecule has 1 heterocycles. The number of nitrogens with one attached hydrogen (secondary N) is 1. The quantitative estimate of drug-likeness (QED) is 0.700. The SMILES string of the molecule is Cc1ccc(CSCCNC(=O)CN(C)C2=NS(=O)(=O)c3ccccc32)cc1. The maximum atomic E-state index is 12.2. The van der Waals surface area contributed by atoms with E-state index >= 15 is 0 Å². The number of rotatable bonds is 7. The third-order valence-corrected chi connectivity index (χ3v) is 6.67. The molecule has 0 saturated heterocycles. The molecule has 1 N–H and O–H groups in total. The molecule has 0 unspecified atom stereocenters. The van der Waals surface area contributed by atoms with Crippen molar-refractivity contribution in [2.45, 2.75) is 17.6 Å². The van der Waals surface area contributed by atoms with Crippen molar-refractivity contribution >= 4 is 33.5 Å². The molecule has 28 heavy (non-hydrogen) atoms. The van der Waals surface area contributed by atoms with Gasteiger partial charge in [-0.15, -0.1) is 4.40 Å². The minimum absolute atomic E-state index is 0.0469. The Balaban J connectivity index is 1.44. The summed E-state index contributed by atoms with van der Waals surface area (Å²) < 4.78 is 28.1. The third kappa shape index (κ3) is 4.94. The highest BCUT2D eigenvalue weighted by molar-refractivity contribution is 7.98. The van der Waals surface area contributed by atoms with Crippen LogP contribution in [0.3, 0.4) is 0 Å². The Morgan fingerprint density at radius 3 is 2.61 bits per heavy atom. The predicted octanol–water partition coefficient (Wildman–Crippen LogP) is 2.43. The molecular formula is C20H23N3O3S2. The molecule has 3 rings (SSSR count). The molecule has 0 atom stereocenters. The van der Waals surface area contributed by atoms with Crippen LogP contribution in [-0.2, 0) is 20.6 Å². The average molecular weight is 418 g/mol. The first-order valence-electron chi connectivity index (χ1n) is 8.92. The van der Waals surface area contributed by atoms with Crippen molar-refractivity contribution in [3.05, 3.63) is 65.2 Å². The molecule has 0 fully saturated rings. The smallest absolute Gasteiger partial charge is 0.285 e. The van der Waals surface area contributed by atoms with E-state index in [2.05, 4.69) is 40.9 Å². The number of hydrogen-bond donors (Lipinski definition) is 1. The number of aryl methyl sites for hydroxylation is 1. The fraction of sp³-hybridized carbons (Fsp3) is 0.300. The topological polar surface area (TPSA) is 78.8 Å². The number of hydrogen-bond acceptors (Lipinski definition) is 5. The van der Waals surface area contributed by atoms with Gasteiger partial charge in [0.2, 0.25) is 5.91 Å². The summed E-state index contributed by atoms with van der Waals surface area (Å²) in [5, 5.41) is 2.87. The number of likely N-dealkylation sites (N-methyl/N-ethyl adjacent to an activating group) is 1. The minimum atomic E-state index is -3.68. The molecule has 0 aromatic heterocycles. The zero-order valence-electron chi connectivity index (χ0n) is 15.9. The Bertz CT molecular complexity index is 986. The van der Waals surface area contributed by atoms with Crippen LogP contribution in [0.1, 0.15) is 16.7 Å². The van der Waals surface area contributed by atoms with E-state index in [0.29, 0.717) is 17.9 Å². The molecule has 0 saturated carbocycles. The van der Waals surface area contributed by atoms with Crippen molar-refractivity contribution in [3.8, 4) is 0 Å². The van der Waals surface area contributed by atoms with Gasteiger partial charge < -0.3 is 10.2 Å². The van der Waals surface area contributed by atoms with Gasteiger partial charge in [0, 0.05) is 30.7 Å². The van der Waals surface area contributed by atoms with Crippen LogP contribution in [0.25, 0.3) is 0 Å². The van der Waals surface area contributed by atoms with Crippen LogP contribution in [0, 0.1) is 6.92 Å². The van der Waals surface area contributed by atoms with Gasteiger partial charge in [0.25, 0.3) is 10.0 Å². The average Bonchev–Trinajstić information content (AvgIpc) is 2.95. The Labute approximate surface area is 170 Å². The fourth-order valence-electron chi connectivity index (χ4n) is 2.85. The second kappa shape index (κ2) is 8.79. The van der Waals surface area contributed by atoms with Gasteiger partial charge in [-0.2, -0.15) is 20.2 Å². The largest absolute Gasteiger partial charge is 0.354 e. The summed E-state index contributed by atoms with van der Waals surface area (Å²) in [5.74, 6) is 1.85. The summed E-state index contributed by atoms with van der Waals surface area (Å²) in [6.45, 7) is 2.67. The highest BCUT2D eigenvalue weighted by Crippen LogP contribution is 2.26. The van der Waals surface area contributed by atoms with E-state index in [1.165, 1.54) is 17.2 Å². The van der Waals surface area contributed by atoms with E-state index in [9.17, 15) is 13.2 Å². The summed E-state index contributed by atoms with van der Waals surface area (Å²) in [5.41, 5.74) is 3.04. The number of carbonyl (C=O) groups is 1. The number of amides is 1. The number of amidine groups is 1. The van der Waals surface area contributed by atoms with Crippen molar-refractivity contribution in [2.75, 3.05) is 25.9 Å². The van der Waals surface area contributed by atoms with Gasteiger partial charge in [0.05, 0.1) is 6.54 Å². The number of thioether (sulfide) groups is 1. The van der Waals surface area contributed by atoms with Crippen LogP contribution in [0.4, 0.5) is 0 Å². The van der Waals surface area contributed by atoms with E-state index in [0.717, 1.165) is 11.5 Å². The first-order valence-corrected chi connectivity index (χ1v) is 11.5. The van der Waals surface area contributed by atoms with Crippen LogP contribution in [0.15, 0.2) is 57.8 Å². The van der Waals surface area contributed by atoms with Gasteiger partial charge in [-0.3, -0.25) is 4.79 Å². The van der Waals surface area contributed by atoms with Gasteiger partial charge in [-0.1, -0.05) is 42.0 Å². The van der Waals surface area contributed by atoms with Gasteiger partial charge in [0.15, 0.2) is 5.84 Å². The third-order valence-electron chi connectivity index (χ3n) is 4.31. The van der Waals surface area contributed by atoms with E-state index in [-0.39, 0.29) is 17.3 Å². The van der Waals surface area contributed by atoms with Crippen molar-refractivity contribution in [1.82, 2.24) is 10.2 Å². The summed E-state index contributed by atoms with van der Waals surface area (Å²) >= 11 is 1.76. The molecule has 0 radical (unpaired) electrons. The zero-order chi connectivity index (χ0) is 20.1. The first kappa shape index (κ1) is 20.4. The normalized spacial score (nSPS) is 14.3. The molecule has 2 aromatic rings. The minimum Gasteiger partial charge on any atom is -0.354 e. The lowest BCUT2D eigenvalue weighted by molar-refractivity contribution is -0.121. The van der Waals surface area contributed by atoms with Crippen LogP contribution >= 0.6 is 11.8 Å². The van der Waals surface area contributed by atoms with Crippen LogP contribution in [-0.4, -0.2) is 51.0 Å². The maximum Gasteiger partial charge on any atom is 0.285 e. The van der Waals surface area contributed by atoms with Crippen LogP contribution in [0.5, 0.6) is 0 Å². The van der Waals surface area contributed by atoms with Crippen molar-refractivity contribution < 1.29 is 13.2 Å². The summed E-state index contributed by atoms with van der Waals surface area (Å²) in [6.07, 6.45) is 0. The van der Waals surface area contributed by atoms with E-state index in [1.54, 1.807) is 41.9 Å². The predicted molar refractivity (Wildman–Crippen MR) is 113 cm³/mol. The molecule has 1 amide bonds. The highest BCUT2D eigenvalue weighted by atomic mass is 32.2. The molecule has 1 aliphatic rings. The summed E-state index contributed by atoms with van der Waals surface area (Å²) in [6, 6.07) is 15.1. The second-order valence-corrected chi connectivity index (χ2v) is 9.31. The summed E-state index contributed by atoms with van der Waals surface area (Å²) in [7, 11) is -2.01. The number of benzene rings is 2. The van der Waals surface area contributed by atoms with Gasteiger partial charge in [-0.05, 0) is 24.6 Å². The van der Waals surface area contributed by atoms with Crippen molar-refractivity contribution in [2.24, 2.45) is 4.40 Å². The van der Waals surface area contributed by atoms with E-state index in [4.69, 9.17) is 0 Å². The molecule has 0 aliphatic carbocycles. The van der Waals surface area contributed by atoms with Crippen LogP contribution < -0.4 is 5.32 Å². The highest BCUT2D eigenvalue weighted by Gasteiger charge is 2.30. The van der Waals surface area contributed by atoms with Gasteiger partial charge in [-0.25, -0.2) is 0 Å². The van der Waals surface area contributed by atoms with Crippen molar-refractivity contribution in [1.29, 1.82) is 0 Å². The van der Waals surface area contributed by atoms with E-state index in [1.807, 2.05) is 0 Å². The Morgan fingerprint density at radius 1 is 1.14 bits per heavy atom. The molecule has 2 aromatic carbocycles. The summed E-state index contributed by atoms with van der Waals surface area (Å²) in [4.78, 5) is 13.9. The molecule has 8 heteroatoms. The van der Waals surface area contributed by atoms with Crippen molar-refractivity contribution in [3.63, 3.8) is 0 Å². The number of fused-ring (bicyclic) bond motifs is 1. The standard InChI is InChI=1S/C20H23N3O3S2/c1-15-7-9-16(10-8-15)14-27-12-11-21-19(24)13-23(2)20-17-5-3-4-6-18(17)28(25,26)22-20/h3-10H,11-14H2,1-2H3,(H,21,24). The molecular weight excluding hydrogens is 394 g/mol. The van der Waals surface area contributed by atoms with Gasteiger partial charge in [0.1, 0.15) is 4.90 Å². The van der Waals surface area contributed by atoms with E-state index < -0.39 is 10.0 Å². The molecule has 6 nitrogen and oxygen atoms in total. The number of carbonyl (C=O) groups excluding carboxylic acids is 1. The molecule has 1 aliphatic heterocycles. The lowest BCUT2D eigenvalue weighted by atomic mass is 10.2. The molecule has 0 bridgehead atoms. The second-order valence-electron chi connectivity index (χ2n) is 6.63. The zero-order valence-corrected chi connectivity index (χ0v) is 17.5. The maximum absolute atomic E-state index is 12.2. The molecule has 0 spiro atoms. The Morgan fingerprint density at radius 2 is 1.86 bits per heavy atom. The van der Waals surface area contributed by atoms with Gasteiger partial charge >= 0.3 is 0 Å². The monoisotopic (exact) mass is 417 g/mol. The Kier molecular flexibility index (Phi) is 6.41. The van der Waals surface area contributed by atoms with Crippen LogP contribution in [0.2, 0.25) is 0 Å². The number of nitrogens with zero attached hydrogens (tertiary/aromatic N) is 2. The Hall–Kier alpha value is -2.32. The first-order chi connectivity index (χ1) is 13.4. The molecule has 148 valence electrons. The fourth-order valence-corrected chi connectivity index (χ4v) is 4.92. The lowest BCUT2D eigenvalue weighted by Gasteiger charge is -2.18.